The summed E-state index contributed by atoms with van der Waals surface area (Å²) in [7, 11) is 1.90. The van der Waals surface area contributed by atoms with Crippen molar-refractivity contribution in [3.8, 4) is 0 Å². The summed E-state index contributed by atoms with van der Waals surface area (Å²) in [4.78, 5) is 10.6. The molecule has 3 rings (SSSR count). The number of nitrogens with zero attached hydrogens (tertiary/aromatic N) is 1. The number of nitrogens with one attached hydrogen (secondary N) is 2. The van der Waals surface area contributed by atoms with E-state index in [1.165, 1.54) is 37.3 Å². The summed E-state index contributed by atoms with van der Waals surface area (Å²) in [6.45, 7) is 6.74. The maximum absolute atomic E-state index is 10.6. The fourth-order valence-corrected chi connectivity index (χ4v) is 2.90. The zero-order valence-electron chi connectivity index (χ0n) is 14.5. The van der Waals surface area contributed by atoms with Gasteiger partial charge in [0.05, 0.1) is 5.69 Å². The molecular formula is C19H27N3OS. The number of anilines is 1. The van der Waals surface area contributed by atoms with Gasteiger partial charge in [0.1, 0.15) is 11.3 Å². The minimum absolute atomic E-state index is 0.618. The highest BCUT2D eigenvalue weighted by Gasteiger charge is 2.35. The van der Waals surface area contributed by atoms with Crippen LogP contribution in [0.25, 0.3) is 0 Å². The molecule has 5 heteroatoms. The van der Waals surface area contributed by atoms with Crippen molar-refractivity contribution in [2.24, 2.45) is 11.8 Å². The third-order valence-corrected chi connectivity index (χ3v) is 4.96. The maximum atomic E-state index is 10.6. The van der Waals surface area contributed by atoms with Gasteiger partial charge >= 0.3 is 0 Å². The largest absolute Gasteiger partial charge is 0.379 e. The van der Waals surface area contributed by atoms with E-state index in [9.17, 15) is 4.79 Å². The van der Waals surface area contributed by atoms with E-state index < -0.39 is 0 Å². The Morgan fingerprint density at radius 1 is 1.50 bits per heavy atom. The minimum atomic E-state index is 0.618. The first-order valence-electron chi connectivity index (χ1n) is 8.46. The van der Waals surface area contributed by atoms with Crippen molar-refractivity contribution in [3.63, 3.8) is 0 Å². The van der Waals surface area contributed by atoms with Crippen LogP contribution in [0.4, 0.5) is 5.00 Å². The van der Waals surface area contributed by atoms with Crippen LogP contribution in [0.2, 0.25) is 0 Å². The number of aldehydes is 1. The Morgan fingerprint density at radius 3 is 2.79 bits per heavy atom. The second kappa shape index (κ2) is 9.55. The lowest BCUT2D eigenvalue weighted by molar-refractivity contribution is -0.104. The second-order valence-electron chi connectivity index (χ2n) is 6.32. The molecule has 0 amide bonds. The first-order valence-corrected chi connectivity index (χ1v) is 9.24. The van der Waals surface area contributed by atoms with Crippen molar-refractivity contribution in [1.82, 2.24) is 9.69 Å². The van der Waals surface area contributed by atoms with E-state index in [2.05, 4.69) is 27.7 Å². The molecule has 24 heavy (non-hydrogen) atoms. The molecule has 4 nitrogen and oxygen atoms in total. The predicted octanol–water partition coefficient (Wildman–Crippen LogP) is 3.74. The topological polar surface area (TPSA) is 54.0 Å². The molecule has 0 saturated heterocycles. The van der Waals surface area contributed by atoms with Gasteiger partial charge in [0, 0.05) is 18.7 Å². The number of hydrogen-bond acceptors (Lipinski definition) is 5. The van der Waals surface area contributed by atoms with E-state index in [0.717, 1.165) is 22.9 Å². The molecule has 2 N–H and O–H groups in total. The van der Waals surface area contributed by atoms with Crippen LogP contribution in [-0.4, -0.2) is 30.3 Å². The van der Waals surface area contributed by atoms with Gasteiger partial charge in [-0.15, -0.1) is 0 Å². The standard InChI is InChI=1S/C14H19NO.C5H8N2S/c1-2-3-12(10-16)6-7-13-8-14(13)15-9-11-4-5-11;1-4-3-5(6-2)8-7-4/h2-3,6-7,10-11,13-15H,1,4-5,8-9H2;3,6H,1-2H3/b7-6+,12-3+;. The lowest BCUT2D eigenvalue weighted by atomic mass is 10.2. The Bertz CT molecular complexity index is 602. The molecular weight excluding hydrogens is 318 g/mol. The Labute approximate surface area is 148 Å². The van der Waals surface area contributed by atoms with Crippen LogP contribution >= 0.6 is 11.5 Å². The Balaban J connectivity index is 0.000000219. The number of aryl methyl sites for hydroxylation is 1. The Morgan fingerprint density at radius 2 is 2.29 bits per heavy atom. The van der Waals surface area contributed by atoms with Crippen molar-refractivity contribution in [2.45, 2.75) is 32.2 Å². The number of aromatic nitrogens is 1. The third kappa shape index (κ3) is 6.81. The summed E-state index contributed by atoms with van der Waals surface area (Å²) >= 11 is 1.49. The van der Waals surface area contributed by atoms with E-state index in [0.29, 0.717) is 17.5 Å². The van der Waals surface area contributed by atoms with Crippen LogP contribution < -0.4 is 10.6 Å². The van der Waals surface area contributed by atoms with Gasteiger partial charge in [-0.1, -0.05) is 30.9 Å². The summed E-state index contributed by atoms with van der Waals surface area (Å²) in [5.74, 6) is 1.56. The van der Waals surface area contributed by atoms with E-state index in [1.807, 2.05) is 26.1 Å². The Kier molecular flexibility index (Phi) is 7.40. The van der Waals surface area contributed by atoms with Crippen LogP contribution in [0.5, 0.6) is 0 Å². The summed E-state index contributed by atoms with van der Waals surface area (Å²) in [6, 6.07) is 2.67. The first kappa shape index (κ1) is 18.6. The SMILES string of the molecule is C=C/C=C(C=O)\C=C\C1CC1NCC1CC1.CNc1cc(C)ns1. The predicted molar refractivity (Wildman–Crippen MR) is 103 cm³/mol. The molecule has 2 unspecified atom stereocenters. The molecule has 2 aliphatic rings. The third-order valence-electron chi connectivity index (χ3n) is 4.06. The second-order valence-corrected chi connectivity index (χ2v) is 7.12. The maximum Gasteiger partial charge on any atom is 0.150 e. The summed E-state index contributed by atoms with van der Waals surface area (Å²) in [6.07, 6.45) is 12.3. The average molecular weight is 346 g/mol. The van der Waals surface area contributed by atoms with E-state index in [4.69, 9.17) is 0 Å². The molecule has 2 saturated carbocycles. The summed E-state index contributed by atoms with van der Waals surface area (Å²) < 4.78 is 4.07. The monoisotopic (exact) mass is 345 g/mol. The average Bonchev–Trinajstić information content (AvgIpc) is 3.50. The fraction of sp³-hybridized carbons (Fsp3) is 0.474. The molecule has 1 heterocycles. The van der Waals surface area contributed by atoms with Crippen LogP contribution in [-0.2, 0) is 4.79 Å². The van der Waals surface area contributed by atoms with Crippen LogP contribution in [0.3, 0.4) is 0 Å². The highest BCUT2D eigenvalue weighted by atomic mass is 32.1. The molecule has 2 fully saturated rings. The summed E-state index contributed by atoms with van der Waals surface area (Å²) in [5.41, 5.74) is 1.78. The molecule has 2 aliphatic carbocycles. The number of allylic oxidation sites excluding steroid dienone is 4. The molecule has 0 radical (unpaired) electrons. The number of hydrogen-bond donors (Lipinski definition) is 2. The van der Waals surface area contributed by atoms with Crippen molar-refractivity contribution in [2.75, 3.05) is 18.9 Å². The van der Waals surface area contributed by atoms with E-state index >= 15 is 0 Å². The van der Waals surface area contributed by atoms with Gasteiger partial charge in [0.25, 0.3) is 0 Å². The van der Waals surface area contributed by atoms with Gasteiger partial charge < -0.3 is 10.6 Å². The van der Waals surface area contributed by atoms with Crippen LogP contribution in [0.15, 0.2) is 42.5 Å². The smallest absolute Gasteiger partial charge is 0.150 e. The minimum Gasteiger partial charge on any atom is -0.379 e. The molecule has 0 aromatic carbocycles. The molecule has 130 valence electrons. The van der Waals surface area contributed by atoms with Crippen molar-refractivity contribution in [3.05, 3.63) is 48.2 Å². The Hall–Kier alpha value is -1.72. The van der Waals surface area contributed by atoms with Gasteiger partial charge in [0.15, 0.2) is 0 Å². The van der Waals surface area contributed by atoms with Crippen molar-refractivity contribution >= 4 is 22.8 Å². The molecule has 0 spiro atoms. The summed E-state index contributed by atoms with van der Waals surface area (Å²) in [5, 5.41) is 7.69. The van der Waals surface area contributed by atoms with Crippen LogP contribution in [0.1, 0.15) is 25.0 Å². The quantitative estimate of drug-likeness (QED) is 0.428. The molecule has 0 aliphatic heterocycles. The molecule has 0 bridgehead atoms. The van der Waals surface area contributed by atoms with Gasteiger partial charge in [-0.3, -0.25) is 4.79 Å². The van der Waals surface area contributed by atoms with Gasteiger partial charge in [-0.2, -0.15) is 4.37 Å². The lowest BCUT2D eigenvalue weighted by Gasteiger charge is -1.99. The van der Waals surface area contributed by atoms with Gasteiger partial charge in [-0.25, -0.2) is 0 Å². The van der Waals surface area contributed by atoms with E-state index in [-0.39, 0.29) is 0 Å². The number of carbonyl (C=O) groups excluding carboxylic acids is 1. The van der Waals surface area contributed by atoms with Crippen LogP contribution in [0, 0.1) is 18.8 Å². The van der Waals surface area contributed by atoms with Gasteiger partial charge in [-0.05, 0) is 62.2 Å². The highest BCUT2D eigenvalue weighted by molar-refractivity contribution is 7.10. The fourth-order valence-electron chi connectivity index (χ4n) is 2.29. The van der Waals surface area contributed by atoms with Crippen molar-refractivity contribution in [1.29, 1.82) is 0 Å². The molecule has 1 aromatic rings. The number of rotatable bonds is 8. The lowest BCUT2D eigenvalue weighted by Crippen LogP contribution is -2.20. The first-order chi connectivity index (χ1) is 11.7. The molecule has 2 atom stereocenters. The molecule has 1 aromatic heterocycles. The number of carbonyl (C=O) groups is 1. The zero-order chi connectivity index (χ0) is 17.4. The highest BCUT2D eigenvalue weighted by Crippen LogP contribution is 2.34. The normalized spacial score (nSPS) is 22.7. The van der Waals surface area contributed by atoms with E-state index in [1.54, 1.807) is 12.2 Å². The van der Waals surface area contributed by atoms with Gasteiger partial charge in [0.2, 0.25) is 0 Å². The van der Waals surface area contributed by atoms with Crippen molar-refractivity contribution < 1.29 is 4.79 Å². The zero-order valence-corrected chi connectivity index (χ0v) is 15.3.